The molecule has 1 saturated heterocycles. The molecule has 0 aromatic heterocycles. The Balaban J connectivity index is 1.69. The van der Waals surface area contributed by atoms with Gasteiger partial charge in [-0.3, -0.25) is 4.79 Å². The Hall–Kier alpha value is -2.39. The summed E-state index contributed by atoms with van der Waals surface area (Å²) in [6, 6.07) is 7.38. The highest BCUT2D eigenvalue weighted by molar-refractivity contribution is 7.89. The van der Waals surface area contributed by atoms with Gasteiger partial charge >= 0.3 is 0 Å². The van der Waals surface area contributed by atoms with Gasteiger partial charge in [0.25, 0.3) is 0 Å². The number of nitrogens with zero attached hydrogens (tertiary/aromatic N) is 1. The van der Waals surface area contributed by atoms with Crippen LogP contribution in [0.3, 0.4) is 0 Å². The number of sulfonamides is 1. The molecule has 1 heterocycles. The van der Waals surface area contributed by atoms with E-state index in [9.17, 15) is 26.4 Å². The topological polar surface area (TPSA) is 66.5 Å². The molecule has 1 unspecified atom stereocenters. The van der Waals surface area contributed by atoms with Crippen LogP contribution in [0.15, 0.2) is 47.4 Å². The lowest BCUT2D eigenvalue weighted by Gasteiger charge is -2.34. The van der Waals surface area contributed by atoms with Crippen molar-refractivity contribution < 1.29 is 26.4 Å². The number of piperidine rings is 1. The average molecular weight is 426 g/mol. The van der Waals surface area contributed by atoms with Gasteiger partial charge in [-0.05, 0) is 49.2 Å². The minimum atomic E-state index is -3.89. The zero-order valence-corrected chi connectivity index (χ0v) is 16.4. The highest BCUT2D eigenvalue weighted by Crippen LogP contribution is 2.27. The van der Waals surface area contributed by atoms with E-state index in [-0.39, 0.29) is 30.0 Å². The molecule has 156 valence electrons. The van der Waals surface area contributed by atoms with Crippen LogP contribution in [0.1, 0.15) is 31.2 Å². The summed E-state index contributed by atoms with van der Waals surface area (Å²) in [5.74, 6) is -2.57. The number of benzene rings is 2. The maximum absolute atomic E-state index is 13.7. The van der Waals surface area contributed by atoms with Crippen LogP contribution in [0.25, 0.3) is 0 Å². The van der Waals surface area contributed by atoms with Crippen molar-refractivity contribution in [1.29, 1.82) is 0 Å². The molecular weight excluding hydrogens is 405 g/mol. The van der Waals surface area contributed by atoms with Gasteiger partial charge in [0.05, 0.1) is 4.90 Å². The van der Waals surface area contributed by atoms with Crippen molar-refractivity contribution in [2.45, 2.75) is 43.2 Å². The zero-order valence-electron chi connectivity index (χ0n) is 15.6. The molecule has 0 saturated carbocycles. The normalized spacial score (nSPS) is 17.8. The van der Waals surface area contributed by atoms with E-state index in [1.807, 2.05) is 0 Å². The van der Waals surface area contributed by atoms with E-state index >= 15 is 0 Å². The molecule has 3 rings (SSSR count). The van der Waals surface area contributed by atoms with E-state index in [1.165, 1.54) is 22.5 Å². The van der Waals surface area contributed by atoms with Crippen molar-refractivity contribution in [2.75, 3.05) is 6.54 Å². The van der Waals surface area contributed by atoms with Gasteiger partial charge in [0.1, 0.15) is 17.5 Å². The Labute approximate surface area is 167 Å². The third-order valence-electron chi connectivity index (χ3n) is 4.94. The molecule has 0 bridgehead atoms. The number of nitrogens with one attached hydrogen (secondary N) is 1. The molecule has 1 amide bonds. The molecule has 5 nitrogen and oxygen atoms in total. The molecular formula is C20H21F3N2O3S. The predicted molar refractivity (Wildman–Crippen MR) is 101 cm³/mol. The smallest absolute Gasteiger partial charge is 0.243 e. The number of carbonyl (C=O) groups excluding carboxylic acids is 1. The number of amides is 1. The molecule has 0 aliphatic carbocycles. The van der Waals surface area contributed by atoms with Crippen molar-refractivity contribution in [3.63, 3.8) is 0 Å². The minimum absolute atomic E-state index is 0.0420. The van der Waals surface area contributed by atoms with E-state index in [0.29, 0.717) is 12.8 Å². The molecule has 1 atom stereocenters. The quantitative estimate of drug-likeness (QED) is 0.771. The van der Waals surface area contributed by atoms with Gasteiger partial charge in [-0.15, -0.1) is 0 Å². The predicted octanol–water partition coefficient (Wildman–Crippen LogP) is 3.35. The maximum Gasteiger partial charge on any atom is 0.243 e. The number of hydrogen-bond donors (Lipinski definition) is 1. The van der Waals surface area contributed by atoms with E-state index in [4.69, 9.17) is 0 Å². The number of carbonyl (C=O) groups is 1. The zero-order chi connectivity index (χ0) is 21.0. The van der Waals surface area contributed by atoms with Gasteiger partial charge in [-0.25, -0.2) is 21.6 Å². The molecule has 1 aliphatic heterocycles. The Morgan fingerprint density at radius 1 is 1.03 bits per heavy atom. The third-order valence-corrected chi connectivity index (χ3v) is 6.90. The van der Waals surface area contributed by atoms with E-state index in [1.54, 1.807) is 0 Å². The SMILES string of the molecule is O=C(CC1CCCCN1S(=O)(=O)c1ccc(F)cc1)NCc1c(F)cccc1F. The fourth-order valence-corrected chi connectivity index (χ4v) is 5.10. The number of hydrogen-bond acceptors (Lipinski definition) is 3. The summed E-state index contributed by atoms with van der Waals surface area (Å²) in [5.41, 5.74) is -0.250. The minimum Gasteiger partial charge on any atom is -0.352 e. The van der Waals surface area contributed by atoms with Crippen LogP contribution in [0.4, 0.5) is 13.2 Å². The summed E-state index contributed by atoms with van der Waals surface area (Å²) >= 11 is 0. The average Bonchev–Trinajstić information content (AvgIpc) is 2.68. The summed E-state index contributed by atoms with van der Waals surface area (Å²) in [6.07, 6.45) is 1.77. The van der Waals surface area contributed by atoms with Crippen molar-refractivity contribution in [3.8, 4) is 0 Å². The Morgan fingerprint density at radius 2 is 1.69 bits per heavy atom. The molecule has 1 N–H and O–H groups in total. The van der Waals surface area contributed by atoms with Crippen LogP contribution in [0.5, 0.6) is 0 Å². The van der Waals surface area contributed by atoms with E-state index in [0.717, 1.165) is 30.7 Å². The number of rotatable bonds is 6. The fourth-order valence-electron chi connectivity index (χ4n) is 3.41. The van der Waals surface area contributed by atoms with Crippen LogP contribution in [0, 0.1) is 17.5 Å². The summed E-state index contributed by atoms with van der Waals surface area (Å²) in [7, 11) is -3.89. The van der Waals surface area contributed by atoms with Gasteiger partial charge in [-0.1, -0.05) is 12.5 Å². The first-order valence-corrected chi connectivity index (χ1v) is 10.7. The lowest BCUT2D eigenvalue weighted by Crippen LogP contribution is -2.45. The Kier molecular flexibility index (Phi) is 6.59. The van der Waals surface area contributed by atoms with E-state index in [2.05, 4.69) is 5.32 Å². The Bertz CT molecular complexity index is 961. The van der Waals surface area contributed by atoms with Crippen molar-refractivity contribution in [1.82, 2.24) is 9.62 Å². The summed E-state index contributed by atoms with van der Waals surface area (Å²) < 4.78 is 67.6. The van der Waals surface area contributed by atoms with Crippen LogP contribution < -0.4 is 5.32 Å². The first kappa shape index (κ1) is 21.3. The van der Waals surface area contributed by atoms with Crippen LogP contribution in [-0.2, 0) is 21.4 Å². The molecule has 9 heteroatoms. The Morgan fingerprint density at radius 3 is 2.34 bits per heavy atom. The molecule has 2 aromatic rings. The van der Waals surface area contributed by atoms with Crippen molar-refractivity contribution in [2.24, 2.45) is 0 Å². The molecule has 1 fully saturated rings. The molecule has 0 radical (unpaired) electrons. The standard InChI is InChI=1S/C20H21F3N2O3S/c21-14-7-9-16(10-8-14)29(27,28)25-11-2-1-4-15(25)12-20(26)24-13-17-18(22)5-3-6-19(17)23/h3,5-10,15H,1-2,4,11-13H2,(H,24,26). The first-order valence-electron chi connectivity index (χ1n) is 9.26. The second-order valence-corrected chi connectivity index (χ2v) is 8.79. The largest absolute Gasteiger partial charge is 0.352 e. The fraction of sp³-hybridized carbons (Fsp3) is 0.350. The van der Waals surface area contributed by atoms with Gasteiger partial charge in [0.2, 0.25) is 15.9 Å². The maximum atomic E-state index is 13.7. The first-order chi connectivity index (χ1) is 13.8. The summed E-state index contributed by atoms with van der Waals surface area (Å²) in [4.78, 5) is 12.3. The van der Waals surface area contributed by atoms with Gasteiger partial charge < -0.3 is 5.32 Å². The lowest BCUT2D eigenvalue weighted by atomic mass is 10.0. The second kappa shape index (κ2) is 8.96. The highest BCUT2D eigenvalue weighted by atomic mass is 32.2. The third kappa shape index (κ3) is 4.97. The molecule has 2 aromatic carbocycles. The summed E-state index contributed by atoms with van der Waals surface area (Å²) in [6.45, 7) is -0.0750. The van der Waals surface area contributed by atoms with Crippen LogP contribution in [0.2, 0.25) is 0 Å². The van der Waals surface area contributed by atoms with Gasteiger partial charge in [0.15, 0.2) is 0 Å². The summed E-state index contributed by atoms with van der Waals surface area (Å²) in [5, 5.41) is 2.46. The lowest BCUT2D eigenvalue weighted by molar-refractivity contribution is -0.122. The highest BCUT2D eigenvalue weighted by Gasteiger charge is 2.34. The number of halogens is 3. The second-order valence-electron chi connectivity index (χ2n) is 6.90. The van der Waals surface area contributed by atoms with E-state index < -0.39 is 39.4 Å². The monoisotopic (exact) mass is 426 g/mol. The van der Waals surface area contributed by atoms with Crippen molar-refractivity contribution >= 4 is 15.9 Å². The van der Waals surface area contributed by atoms with Crippen LogP contribution in [-0.4, -0.2) is 31.2 Å². The molecule has 0 spiro atoms. The van der Waals surface area contributed by atoms with Crippen molar-refractivity contribution in [3.05, 3.63) is 65.5 Å². The van der Waals surface area contributed by atoms with Crippen LogP contribution >= 0.6 is 0 Å². The van der Waals surface area contributed by atoms with Gasteiger partial charge in [-0.2, -0.15) is 4.31 Å². The molecule has 1 aliphatic rings. The van der Waals surface area contributed by atoms with Gasteiger partial charge in [0, 0.05) is 31.1 Å². The molecule has 29 heavy (non-hydrogen) atoms.